The number of cyclic esters (lactones) is 1. The van der Waals surface area contributed by atoms with Gasteiger partial charge in [0.1, 0.15) is 6.61 Å². The Hall–Kier alpha value is -3.25. The normalized spacial score (nSPS) is 14.0. The van der Waals surface area contributed by atoms with Gasteiger partial charge >= 0.3 is 5.97 Å². The number of methoxy groups -OCH3 is 1. The molecule has 0 saturated heterocycles. The number of ether oxygens (including phenoxy) is 3. The van der Waals surface area contributed by atoms with E-state index >= 15 is 0 Å². The van der Waals surface area contributed by atoms with Gasteiger partial charge in [-0.25, -0.2) is 9.79 Å². The first-order valence-corrected chi connectivity index (χ1v) is 11.7. The van der Waals surface area contributed by atoms with Crippen molar-refractivity contribution in [3.8, 4) is 11.5 Å². The van der Waals surface area contributed by atoms with Crippen molar-refractivity contribution in [2.45, 2.75) is 6.61 Å². The lowest BCUT2D eigenvalue weighted by Crippen LogP contribution is -2.05. The van der Waals surface area contributed by atoms with Crippen molar-refractivity contribution < 1.29 is 23.9 Å². The number of rotatable bonds is 7. The van der Waals surface area contributed by atoms with E-state index in [1.807, 2.05) is 24.3 Å². The number of hydrogen-bond donors (Lipinski definition) is 0. The van der Waals surface area contributed by atoms with Crippen molar-refractivity contribution in [1.82, 2.24) is 0 Å². The molecule has 0 spiro atoms. The van der Waals surface area contributed by atoms with Crippen LogP contribution in [0, 0.1) is 13.7 Å². The van der Waals surface area contributed by atoms with Gasteiger partial charge < -0.3 is 14.2 Å². The summed E-state index contributed by atoms with van der Waals surface area (Å²) in [6.07, 6.45) is 1.61. The number of halogens is 2. The molecule has 0 unspecified atom stereocenters. The van der Waals surface area contributed by atoms with Gasteiger partial charge in [-0.05, 0) is 104 Å². The molecule has 172 valence electrons. The van der Waals surface area contributed by atoms with E-state index in [4.69, 9.17) is 14.2 Å². The second-order valence-corrected chi connectivity index (χ2v) is 9.19. The van der Waals surface area contributed by atoms with Gasteiger partial charge in [0.2, 0.25) is 5.90 Å². The minimum Gasteiger partial charge on any atom is -0.493 e. The Morgan fingerprint density at radius 2 is 1.85 bits per heavy atom. The van der Waals surface area contributed by atoms with Crippen LogP contribution >= 0.6 is 38.5 Å². The number of nitro groups is 1. The van der Waals surface area contributed by atoms with Crippen LogP contribution in [0.5, 0.6) is 11.5 Å². The van der Waals surface area contributed by atoms with Gasteiger partial charge in [-0.15, -0.1) is 0 Å². The van der Waals surface area contributed by atoms with Crippen molar-refractivity contribution in [1.29, 1.82) is 0 Å². The van der Waals surface area contributed by atoms with E-state index in [-0.39, 0.29) is 23.9 Å². The zero-order chi connectivity index (χ0) is 24.2. The number of esters is 1. The smallest absolute Gasteiger partial charge is 0.363 e. The van der Waals surface area contributed by atoms with Crippen LogP contribution in [0.25, 0.3) is 6.08 Å². The molecule has 34 heavy (non-hydrogen) atoms. The Bertz CT molecular complexity index is 1320. The molecule has 0 saturated carbocycles. The van der Waals surface area contributed by atoms with Crippen molar-refractivity contribution in [2.75, 3.05) is 7.11 Å². The minimum atomic E-state index is -0.540. The van der Waals surface area contributed by atoms with Crippen LogP contribution in [0.3, 0.4) is 0 Å². The Balaban J connectivity index is 1.55. The topological polar surface area (TPSA) is 100 Å². The summed E-state index contributed by atoms with van der Waals surface area (Å²) in [4.78, 5) is 27.0. The fourth-order valence-electron chi connectivity index (χ4n) is 3.12. The predicted octanol–water partition coefficient (Wildman–Crippen LogP) is 5.89. The van der Waals surface area contributed by atoms with Crippen LogP contribution < -0.4 is 9.47 Å². The number of carbonyl (C=O) groups excluding carboxylic acids is 1. The third-order valence-electron chi connectivity index (χ3n) is 4.80. The molecule has 0 N–H and O–H groups in total. The van der Waals surface area contributed by atoms with Crippen LogP contribution in [-0.2, 0) is 16.1 Å². The molecule has 1 heterocycles. The van der Waals surface area contributed by atoms with Gasteiger partial charge in [-0.1, -0.05) is 0 Å². The second-order valence-electron chi connectivity index (χ2n) is 7.09. The molecule has 8 nitrogen and oxygen atoms in total. The second kappa shape index (κ2) is 10.3. The molecule has 0 radical (unpaired) electrons. The first kappa shape index (κ1) is 23.9. The molecule has 0 bridgehead atoms. The number of carbonyl (C=O) groups is 1. The van der Waals surface area contributed by atoms with E-state index in [2.05, 4.69) is 43.5 Å². The maximum absolute atomic E-state index is 12.3. The first-order chi connectivity index (χ1) is 16.3. The number of aliphatic imine (C=N–C) groups is 1. The fourth-order valence-corrected chi connectivity index (χ4v) is 4.05. The van der Waals surface area contributed by atoms with Crippen molar-refractivity contribution in [2.24, 2.45) is 4.99 Å². The van der Waals surface area contributed by atoms with E-state index < -0.39 is 10.9 Å². The number of non-ortho nitro benzene ring substituents is 1. The Morgan fingerprint density at radius 3 is 2.50 bits per heavy atom. The van der Waals surface area contributed by atoms with E-state index in [9.17, 15) is 14.9 Å². The highest BCUT2D eigenvalue weighted by molar-refractivity contribution is 14.1. The number of hydrogen-bond acceptors (Lipinski definition) is 7. The summed E-state index contributed by atoms with van der Waals surface area (Å²) < 4.78 is 18.4. The van der Waals surface area contributed by atoms with Gasteiger partial charge in [0.15, 0.2) is 17.2 Å². The van der Waals surface area contributed by atoms with E-state index in [1.165, 1.54) is 19.2 Å². The Labute approximate surface area is 216 Å². The zero-order valence-corrected chi connectivity index (χ0v) is 21.4. The van der Waals surface area contributed by atoms with Gasteiger partial charge in [0.25, 0.3) is 5.69 Å². The quantitative estimate of drug-likeness (QED) is 0.106. The summed E-state index contributed by atoms with van der Waals surface area (Å²) in [5.41, 5.74) is 2.31. The highest BCUT2D eigenvalue weighted by Crippen LogP contribution is 2.38. The maximum Gasteiger partial charge on any atom is 0.363 e. The monoisotopic (exact) mass is 634 g/mol. The van der Waals surface area contributed by atoms with Gasteiger partial charge in [0, 0.05) is 21.3 Å². The molecule has 3 aromatic rings. The third-order valence-corrected chi connectivity index (χ3v) is 6.11. The van der Waals surface area contributed by atoms with E-state index in [0.29, 0.717) is 27.1 Å². The number of benzene rings is 3. The fraction of sp³-hybridized carbons (Fsp3) is 0.0833. The maximum atomic E-state index is 12.3. The lowest BCUT2D eigenvalue weighted by Gasteiger charge is -2.13. The summed E-state index contributed by atoms with van der Waals surface area (Å²) in [7, 11) is 1.51. The average Bonchev–Trinajstić information content (AvgIpc) is 3.18. The molecule has 0 aliphatic carbocycles. The Kier molecular flexibility index (Phi) is 7.27. The van der Waals surface area contributed by atoms with Crippen LogP contribution in [0.1, 0.15) is 16.7 Å². The highest BCUT2D eigenvalue weighted by Gasteiger charge is 2.24. The molecule has 0 amide bonds. The Morgan fingerprint density at radius 1 is 1.15 bits per heavy atom. The molecule has 0 aromatic heterocycles. The summed E-state index contributed by atoms with van der Waals surface area (Å²) in [5.74, 6) is 0.611. The minimum absolute atomic E-state index is 0.0122. The van der Waals surface area contributed by atoms with Crippen molar-refractivity contribution in [3.05, 3.63) is 101 Å². The van der Waals surface area contributed by atoms with Crippen molar-refractivity contribution in [3.63, 3.8) is 0 Å². The lowest BCUT2D eigenvalue weighted by molar-refractivity contribution is -0.384. The average molecular weight is 635 g/mol. The molecule has 0 fully saturated rings. The van der Waals surface area contributed by atoms with Crippen LogP contribution in [-0.4, -0.2) is 23.9 Å². The highest BCUT2D eigenvalue weighted by atomic mass is 127. The molecule has 10 heteroatoms. The molecular weight excluding hydrogens is 619 g/mol. The van der Waals surface area contributed by atoms with Crippen molar-refractivity contribution >= 4 is 62.2 Å². The van der Waals surface area contributed by atoms with E-state index in [0.717, 1.165) is 9.13 Å². The first-order valence-electron chi connectivity index (χ1n) is 9.86. The van der Waals surface area contributed by atoms with Gasteiger partial charge in [-0.2, -0.15) is 0 Å². The summed E-state index contributed by atoms with van der Waals surface area (Å²) >= 11 is 5.68. The van der Waals surface area contributed by atoms with Crippen LogP contribution in [0.15, 0.2) is 75.8 Å². The molecule has 3 aromatic carbocycles. The van der Waals surface area contributed by atoms with Gasteiger partial charge in [-0.3, -0.25) is 10.1 Å². The molecule has 1 aliphatic heterocycles. The molecule has 1 aliphatic rings. The molecule has 0 atom stereocenters. The largest absolute Gasteiger partial charge is 0.493 e. The number of nitro benzene ring substituents is 1. The summed E-state index contributed by atoms with van der Waals surface area (Å²) in [6, 6.07) is 17.1. The standard InChI is InChI=1S/C24H16BrIN2O6/c1-32-21-12-15(11-20-24(29)34-23(27-20)16-4-6-17(26)7-5-16)10-19(25)22(21)33-13-14-2-8-18(9-3-14)28(30)31/h2-12H,13H2,1H3/b20-11-. The predicted molar refractivity (Wildman–Crippen MR) is 138 cm³/mol. The lowest BCUT2D eigenvalue weighted by atomic mass is 10.1. The third kappa shape index (κ3) is 5.45. The zero-order valence-electron chi connectivity index (χ0n) is 17.7. The van der Waals surface area contributed by atoms with Gasteiger partial charge in [0.05, 0.1) is 16.5 Å². The van der Waals surface area contributed by atoms with E-state index in [1.54, 1.807) is 30.3 Å². The molecular formula is C24H16BrIN2O6. The SMILES string of the molecule is COc1cc(/C=C2\N=C(c3ccc(I)cc3)OC2=O)cc(Br)c1OCc1ccc([N+](=O)[O-])cc1. The van der Waals surface area contributed by atoms with Crippen LogP contribution in [0.4, 0.5) is 5.69 Å². The number of nitrogens with zero attached hydrogens (tertiary/aromatic N) is 2. The summed E-state index contributed by atoms with van der Waals surface area (Å²) in [5, 5.41) is 10.8. The summed E-state index contributed by atoms with van der Waals surface area (Å²) in [6.45, 7) is 0.184. The van der Waals surface area contributed by atoms with Crippen LogP contribution in [0.2, 0.25) is 0 Å². The molecule has 4 rings (SSSR count).